The molecule has 6 heteroatoms. The van der Waals surface area contributed by atoms with E-state index in [0.717, 1.165) is 12.0 Å². The Balaban J connectivity index is 1.90. The first-order valence-electron chi connectivity index (χ1n) is 4.81. The molecule has 1 unspecified atom stereocenters. The van der Waals surface area contributed by atoms with Crippen molar-refractivity contribution in [2.45, 2.75) is 11.3 Å². The van der Waals surface area contributed by atoms with E-state index in [1.807, 2.05) is 17.5 Å². The molecule has 0 aliphatic carbocycles. The quantitative estimate of drug-likeness (QED) is 0.741. The van der Waals surface area contributed by atoms with Gasteiger partial charge in [0.2, 0.25) is 0 Å². The topological polar surface area (TPSA) is 64.6 Å². The van der Waals surface area contributed by atoms with E-state index in [1.54, 1.807) is 11.8 Å². The van der Waals surface area contributed by atoms with Crippen molar-refractivity contribution in [2.75, 3.05) is 0 Å². The van der Waals surface area contributed by atoms with Gasteiger partial charge in [-0.1, -0.05) is 35.1 Å². The van der Waals surface area contributed by atoms with Crippen molar-refractivity contribution in [2.24, 2.45) is 15.5 Å². The zero-order chi connectivity index (χ0) is 11.0. The third-order valence-electron chi connectivity index (χ3n) is 2.47. The van der Waals surface area contributed by atoms with Crippen LogP contribution in [-0.4, -0.2) is 5.84 Å². The standard InChI is InChI=1S/C10H8N4OS/c15-14-10(11-12-13-14)8-5-7-3-1-2-4-9(7)16-6-8/h1-4,6,14H,5H2. The van der Waals surface area contributed by atoms with E-state index in [9.17, 15) is 5.21 Å². The molecular formula is C10H8N4OS. The van der Waals surface area contributed by atoms with Crippen LogP contribution >= 0.6 is 11.8 Å². The summed E-state index contributed by atoms with van der Waals surface area (Å²) in [6.45, 7) is 0. The van der Waals surface area contributed by atoms with Gasteiger partial charge in [0.15, 0.2) is 0 Å². The van der Waals surface area contributed by atoms with Gasteiger partial charge in [-0.25, -0.2) is 0 Å². The van der Waals surface area contributed by atoms with Crippen LogP contribution in [0.4, 0.5) is 0 Å². The van der Waals surface area contributed by atoms with Gasteiger partial charge >= 0.3 is 0 Å². The molecule has 80 valence electrons. The molecular weight excluding hydrogens is 224 g/mol. The Morgan fingerprint density at radius 1 is 1.31 bits per heavy atom. The lowest BCUT2D eigenvalue weighted by Gasteiger charge is -2.17. The summed E-state index contributed by atoms with van der Waals surface area (Å²) in [6, 6.07) is 8.13. The van der Waals surface area contributed by atoms with Crippen LogP contribution < -0.4 is 5.17 Å². The van der Waals surface area contributed by atoms with Crippen molar-refractivity contribution in [1.82, 2.24) is 0 Å². The molecule has 1 aromatic rings. The maximum Gasteiger partial charge on any atom is 0.279 e. The average molecular weight is 232 g/mol. The number of hydrogen-bond donors (Lipinski definition) is 1. The number of thioether (sulfide) groups is 1. The van der Waals surface area contributed by atoms with Crippen LogP contribution in [0.25, 0.3) is 0 Å². The fourth-order valence-corrected chi connectivity index (χ4v) is 2.60. The van der Waals surface area contributed by atoms with Crippen molar-refractivity contribution in [3.63, 3.8) is 0 Å². The molecule has 1 atom stereocenters. The van der Waals surface area contributed by atoms with E-state index < -0.39 is 0 Å². The molecule has 0 aromatic heterocycles. The van der Waals surface area contributed by atoms with E-state index in [1.165, 1.54) is 10.5 Å². The fraction of sp³-hybridized carbons (Fsp3) is 0.100. The van der Waals surface area contributed by atoms with Gasteiger partial charge in [0.05, 0.1) is 5.22 Å². The largest absolute Gasteiger partial charge is 0.598 e. The van der Waals surface area contributed by atoms with Gasteiger partial charge in [0.25, 0.3) is 5.84 Å². The highest BCUT2D eigenvalue weighted by Gasteiger charge is 2.23. The first kappa shape index (κ1) is 9.71. The number of quaternary nitrogens is 1. The lowest BCUT2D eigenvalue weighted by Crippen LogP contribution is -3.04. The summed E-state index contributed by atoms with van der Waals surface area (Å²) in [6.07, 6.45) is 0.721. The first-order chi connectivity index (χ1) is 7.84. The Bertz CT molecular complexity index is 523. The number of nitrogens with zero attached hydrogens (tertiary/aromatic N) is 3. The lowest BCUT2D eigenvalue weighted by atomic mass is 10.1. The number of hydroxylamine groups is 1. The summed E-state index contributed by atoms with van der Waals surface area (Å²) in [5.74, 6) is 0.377. The number of nitrogens with one attached hydrogen (secondary N) is 1. The molecule has 0 spiro atoms. The minimum Gasteiger partial charge on any atom is -0.598 e. The maximum absolute atomic E-state index is 11.3. The number of hydrogen-bond acceptors (Lipinski definition) is 5. The van der Waals surface area contributed by atoms with E-state index >= 15 is 0 Å². The van der Waals surface area contributed by atoms with Crippen LogP contribution in [0.2, 0.25) is 0 Å². The molecule has 2 heterocycles. The lowest BCUT2D eigenvalue weighted by molar-refractivity contribution is -0.755. The van der Waals surface area contributed by atoms with Gasteiger partial charge in [0.1, 0.15) is 0 Å². The SMILES string of the molecule is [O-][NH+]1N=NN=C1C1=CSc2ccccc2C1. The van der Waals surface area contributed by atoms with Crippen LogP contribution in [0.5, 0.6) is 0 Å². The van der Waals surface area contributed by atoms with E-state index in [4.69, 9.17) is 0 Å². The van der Waals surface area contributed by atoms with Crippen LogP contribution in [0.15, 0.2) is 55.7 Å². The second-order valence-electron chi connectivity index (χ2n) is 3.49. The van der Waals surface area contributed by atoms with Crippen molar-refractivity contribution < 1.29 is 5.17 Å². The van der Waals surface area contributed by atoms with Crippen LogP contribution in [0.3, 0.4) is 0 Å². The third-order valence-corrected chi connectivity index (χ3v) is 3.52. The second-order valence-corrected chi connectivity index (χ2v) is 4.40. The van der Waals surface area contributed by atoms with Crippen molar-refractivity contribution in [3.8, 4) is 0 Å². The molecule has 1 aromatic carbocycles. The highest BCUT2D eigenvalue weighted by Crippen LogP contribution is 2.31. The summed E-state index contributed by atoms with van der Waals surface area (Å²) in [5, 5.41) is 23.5. The van der Waals surface area contributed by atoms with Gasteiger partial charge in [-0.3, -0.25) is 0 Å². The highest BCUT2D eigenvalue weighted by molar-refractivity contribution is 8.02. The van der Waals surface area contributed by atoms with Gasteiger partial charge < -0.3 is 5.21 Å². The smallest absolute Gasteiger partial charge is 0.279 e. The highest BCUT2D eigenvalue weighted by atomic mass is 32.2. The van der Waals surface area contributed by atoms with E-state index in [0.29, 0.717) is 5.84 Å². The van der Waals surface area contributed by atoms with Crippen LogP contribution in [0, 0.1) is 5.21 Å². The molecule has 0 bridgehead atoms. The Morgan fingerprint density at radius 2 is 2.19 bits per heavy atom. The summed E-state index contributed by atoms with van der Waals surface area (Å²) < 4.78 is 0. The molecule has 2 aliphatic heterocycles. The van der Waals surface area contributed by atoms with E-state index in [-0.39, 0.29) is 5.17 Å². The summed E-state index contributed by atoms with van der Waals surface area (Å²) in [5.41, 5.74) is 2.12. The predicted octanol–water partition coefficient (Wildman–Crippen LogP) is 1.30. The monoisotopic (exact) mass is 232 g/mol. The summed E-state index contributed by atoms with van der Waals surface area (Å²) in [4.78, 5) is 1.23. The molecule has 5 nitrogen and oxygen atoms in total. The number of benzene rings is 1. The van der Waals surface area contributed by atoms with E-state index in [2.05, 4.69) is 27.7 Å². The van der Waals surface area contributed by atoms with Gasteiger partial charge in [-0.05, 0) is 17.0 Å². The molecule has 16 heavy (non-hydrogen) atoms. The molecule has 1 N–H and O–H groups in total. The Hall–Kier alpha value is -1.50. The summed E-state index contributed by atoms with van der Waals surface area (Å²) >= 11 is 1.61. The Kier molecular flexibility index (Phi) is 2.32. The minimum atomic E-state index is -0.341. The molecule has 2 aliphatic rings. The molecule has 0 fully saturated rings. The Labute approximate surface area is 96.1 Å². The number of rotatable bonds is 1. The van der Waals surface area contributed by atoms with Crippen LogP contribution in [-0.2, 0) is 6.42 Å². The Morgan fingerprint density at radius 3 is 3.00 bits per heavy atom. The normalized spacial score (nSPS) is 22.7. The first-order valence-corrected chi connectivity index (χ1v) is 5.69. The number of fused-ring (bicyclic) bond motifs is 1. The average Bonchev–Trinajstić information content (AvgIpc) is 2.75. The molecule has 0 amide bonds. The molecule has 3 rings (SSSR count). The van der Waals surface area contributed by atoms with Gasteiger partial charge in [0, 0.05) is 22.1 Å². The molecule has 0 saturated heterocycles. The van der Waals surface area contributed by atoms with Gasteiger partial charge in [-0.2, -0.15) is 5.17 Å². The predicted molar refractivity (Wildman–Crippen MR) is 60.7 cm³/mol. The fourth-order valence-electron chi connectivity index (χ4n) is 1.69. The minimum absolute atomic E-state index is 0.341. The van der Waals surface area contributed by atoms with Crippen molar-refractivity contribution >= 4 is 17.6 Å². The zero-order valence-corrected chi connectivity index (χ0v) is 9.07. The maximum atomic E-state index is 11.3. The van der Waals surface area contributed by atoms with Crippen LogP contribution in [0.1, 0.15) is 5.56 Å². The van der Waals surface area contributed by atoms with Crippen molar-refractivity contribution in [3.05, 3.63) is 46.0 Å². The summed E-state index contributed by atoms with van der Waals surface area (Å²) in [7, 11) is 0. The second kappa shape index (κ2) is 3.82. The zero-order valence-electron chi connectivity index (χ0n) is 8.25. The van der Waals surface area contributed by atoms with Crippen molar-refractivity contribution in [1.29, 1.82) is 0 Å². The molecule has 0 radical (unpaired) electrons. The number of amidine groups is 1. The molecule has 0 saturated carbocycles. The van der Waals surface area contributed by atoms with Gasteiger partial charge in [-0.15, -0.1) is 0 Å². The third kappa shape index (κ3) is 1.57.